The lowest BCUT2D eigenvalue weighted by molar-refractivity contribution is -0.729. The lowest BCUT2D eigenvalue weighted by atomic mass is 9.77. The minimum absolute atomic E-state index is 0.105. The molecule has 0 aliphatic carbocycles. The second-order valence-electron chi connectivity index (χ2n) is 7.12. The molecule has 2 aromatic heterocycles. The van der Waals surface area contributed by atoms with Gasteiger partial charge in [-0.3, -0.25) is 4.79 Å². The Morgan fingerprint density at radius 1 is 1.54 bits per heavy atom. The van der Waals surface area contributed by atoms with Crippen LogP contribution in [0.3, 0.4) is 0 Å². The van der Waals surface area contributed by atoms with Crippen molar-refractivity contribution in [2.24, 2.45) is 11.8 Å². The van der Waals surface area contributed by atoms with Gasteiger partial charge in [-0.25, -0.2) is 8.96 Å². The highest BCUT2D eigenvalue weighted by atomic mass is 32.2. The Balaban J connectivity index is 1.83. The van der Waals surface area contributed by atoms with Gasteiger partial charge in [-0.2, -0.15) is 4.40 Å². The number of hydrogen-bond donors (Lipinski definition) is 1. The highest BCUT2D eigenvalue weighted by Crippen LogP contribution is 2.51. The van der Waals surface area contributed by atoms with Crippen LogP contribution in [0.2, 0.25) is 0 Å². The number of carbonyl (C=O) groups excluding carboxylic acids is 2. The lowest BCUT2D eigenvalue weighted by Gasteiger charge is -2.47. The average molecular weight is 426 g/mol. The molecule has 4 heterocycles. The van der Waals surface area contributed by atoms with Crippen molar-refractivity contribution in [1.82, 2.24) is 9.30 Å². The number of imidazole rings is 1. The fraction of sp³-hybridized carbons (Fsp3) is 0.500. The molecule has 150 valence electrons. The summed E-state index contributed by atoms with van der Waals surface area (Å²) in [6.45, 7) is 3.20. The van der Waals surface area contributed by atoms with Crippen molar-refractivity contribution in [3.05, 3.63) is 23.1 Å². The fourth-order valence-corrected chi connectivity index (χ4v) is 6.60. The van der Waals surface area contributed by atoms with Gasteiger partial charge < -0.3 is 19.9 Å². The van der Waals surface area contributed by atoms with Gasteiger partial charge in [-0.15, -0.1) is 0 Å². The number of halogens is 1. The molecular weight excluding hydrogens is 405 g/mol. The number of aryl methyl sites for hydroxylation is 1. The minimum Gasteiger partial charge on any atom is -0.543 e. The van der Waals surface area contributed by atoms with Crippen LogP contribution in [-0.2, 0) is 16.1 Å². The van der Waals surface area contributed by atoms with Crippen molar-refractivity contribution >= 4 is 45.4 Å². The molecular formula is C18H20FN3O4S2. The molecule has 0 unspecified atom stereocenters. The third-order valence-electron chi connectivity index (χ3n) is 5.55. The monoisotopic (exact) mass is 425 g/mol. The van der Waals surface area contributed by atoms with Crippen LogP contribution in [0.1, 0.15) is 18.7 Å². The Kier molecular flexibility index (Phi) is 4.75. The molecule has 0 aromatic carbocycles. The number of alkyl halides is 1. The van der Waals surface area contributed by atoms with Gasteiger partial charge in [-0.1, -0.05) is 30.0 Å². The maximum absolute atomic E-state index is 12.8. The van der Waals surface area contributed by atoms with Crippen molar-refractivity contribution in [1.29, 1.82) is 0 Å². The van der Waals surface area contributed by atoms with Gasteiger partial charge in [0.15, 0.2) is 0 Å². The van der Waals surface area contributed by atoms with Crippen molar-refractivity contribution in [3.8, 4) is 0 Å². The maximum atomic E-state index is 12.8. The number of rotatable bonds is 6. The molecule has 0 spiro atoms. The molecule has 2 aromatic rings. The third-order valence-corrected chi connectivity index (χ3v) is 7.64. The highest BCUT2D eigenvalue weighted by Gasteiger charge is 2.59. The molecule has 4 atom stereocenters. The number of thiazole rings is 1. The number of amides is 1. The first-order chi connectivity index (χ1) is 13.3. The number of nitrogens with zero attached hydrogens (tertiary/aromatic N) is 3. The molecule has 28 heavy (non-hydrogen) atoms. The quantitative estimate of drug-likeness (QED) is 0.409. The van der Waals surface area contributed by atoms with Gasteiger partial charge in [0.2, 0.25) is 15.8 Å². The predicted molar refractivity (Wildman–Crippen MR) is 100 cm³/mol. The molecule has 7 nitrogen and oxygen atoms in total. The standard InChI is InChI=1S/C18H20FN3O4S2/c1-8-11(14(18(25)26)22-13(8)12(9(2)23)15(22)24)10-6-21-7-20(5-4-19)16(27-3)17(21)28-10/h6-9,12-13,23H,4-5H2,1-3H3/t8-,9+,12+,13+/m0/s1. The zero-order chi connectivity index (χ0) is 20.3. The van der Waals surface area contributed by atoms with Crippen LogP contribution >= 0.6 is 23.1 Å². The summed E-state index contributed by atoms with van der Waals surface area (Å²) in [5.41, 5.74) is 0.450. The second-order valence-corrected chi connectivity index (χ2v) is 8.94. The molecule has 1 saturated heterocycles. The summed E-state index contributed by atoms with van der Waals surface area (Å²) in [4.78, 5) is 27.2. The van der Waals surface area contributed by atoms with Crippen molar-refractivity contribution < 1.29 is 28.8 Å². The van der Waals surface area contributed by atoms with Crippen LogP contribution in [0.15, 0.2) is 23.2 Å². The molecule has 0 bridgehead atoms. The summed E-state index contributed by atoms with van der Waals surface area (Å²) in [6.07, 6.45) is 4.67. The summed E-state index contributed by atoms with van der Waals surface area (Å²) in [6, 6.07) is -0.381. The fourth-order valence-electron chi connectivity index (χ4n) is 4.40. The van der Waals surface area contributed by atoms with E-state index in [1.807, 2.05) is 28.3 Å². The number of aliphatic hydroxyl groups is 1. The first-order valence-electron chi connectivity index (χ1n) is 8.92. The lowest BCUT2D eigenvalue weighted by Crippen LogP contribution is -2.64. The Hall–Kier alpha value is -1.91. The molecule has 1 N–H and O–H groups in total. The van der Waals surface area contributed by atoms with Gasteiger partial charge in [0.25, 0.3) is 6.33 Å². The first-order valence-corrected chi connectivity index (χ1v) is 11.0. The maximum Gasteiger partial charge on any atom is 0.250 e. The normalized spacial score (nSPS) is 25.4. The minimum atomic E-state index is -1.39. The second kappa shape index (κ2) is 6.85. The number of aromatic nitrogens is 2. The number of β-lactam (4-membered cyclic amide) rings is 1. The van der Waals surface area contributed by atoms with E-state index in [1.165, 1.54) is 28.0 Å². The van der Waals surface area contributed by atoms with E-state index >= 15 is 0 Å². The van der Waals surface area contributed by atoms with Gasteiger partial charge in [-0.05, 0) is 13.2 Å². The largest absolute Gasteiger partial charge is 0.543 e. The summed E-state index contributed by atoms with van der Waals surface area (Å²) >= 11 is 2.91. The van der Waals surface area contributed by atoms with Crippen LogP contribution in [0.5, 0.6) is 0 Å². The topological polar surface area (TPSA) is 89.0 Å². The van der Waals surface area contributed by atoms with Crippen LogP contribution < -0.4 is 9.67 Å². The highest BCUT2D eigenvalue weighted by molar-refractivity contribution is 7.98. The van der Waals surface area contributed by atoms with Crippen molar-refractivity contribution in [3.63, 3.8) is 0 Å². The zero-order valence-corrected chi connectivity index (χ0v) is 17.2. The molecule has 0 saturated carbocycles. The molecule has 2 aliphatic rings. The van der Waals surface area contributed by atoms with E-state index in [1.54, 1.807) is 13.3 Å². The van der Waals surface area contributed by atoms with E-state index in [0.717, 1.165) is 14.7 Å². The van der Waals surface area contributed by atoms with Gasteiger partial charge >= 0.3 is 0 Å². The predicted octanol–water partition coefficient (Wildman–Crippen LogP) is 0.298. The van der Waals surface area contributed by atoms with Crippen LogP contribution in [0, 0.1) is 11.8 Å². The van der Waals surface area contributed by atoms with E-state index in [2.05, 4.69) is 0 Å². The Bertz CT molecular complexity index is 1010. The molecule has 10 heteroatoms. The SMILES string of the molecule is CSc1c2sc(C3=C(C(=O)[O-])N4C(=O)[C@H]([C@@H](C)O)[C@H]4[C@H]3C)cn2c[n+]1CCF. The Morgan fingerprint density at radius 2 is 2.25 bits per heavy atom. The van der Waals surface area contributed by atoms with Crippen LogP contribution in [0.4, 0.5) is 4.39 Å². The Labute approximate surface area is 169 Å². The molecule has 1 amide bonds. The number of aliphatic hydroxyl groups excluding tert-OH is 1. The molecule has 1 fully saturated rings. The number of thioether (sulfide) groups is 1. The van der Waals surface area contributed by atoms with Gasteiger partial charge in [0, 0.05) is 11.5 Å². The summed E-state index contributed by atoms with van der Waals surface area (Å²) in [5.74, 6) is -2.63. The number of aliphatic carboxylic acids is 1. The molecule has 2 aliphatic heterocycles. The number of fused-ring (bicyclic) bond motifs is 2. The molecule has 0 radical (unpaired) electrons. The third kappa shape index (κ3) is 2.54. The van der Waals surface area contributed by atoms with Gasteiger partial charge in [0.1, 0.15) is 19.4 Å². The summed E-state index contributed by atoms with van der Waals surface area (Å²) in [5, 5.41) is 22.7. The Morgan fingerprint density at radius 3 is 2.82 bits per heavy atom. The number of carboxylic acids is 1. The van der Waals surface area contributed by atoms with E-state index in [-0.39, 0.29) is 30.1 Å². The number of carboxylic acid groups (broad SMARTS) is 1. The van der Waals surface area contributed by atoms with E-state index in [0.29, 0.717) is 5.57 Å². The van der Waals surface area contributed by atoms with Crippen molar-refractivity contribution in [2.45, 2.75) is 37.6 Å². The van der Waals surface area contributed by atoms with Crippen LogP contribution in [-0.4, -0.2) is 51.4 Å². The molecule has 4 rings (SSSR count). The number of hydrogen-bond acceptors (Lipinski definition) is 6. The van der Waals surface area contributed by atoms with E-state index < -0.39 is 24.7 Å². The summed E-state index contributed by atoms with van der Waals surface area (Å²) < 4.78 is 16.5. The smallest absolute Gasteiger partial charge is 0.250 e. The van der Waals surface area contributed by atoms with Gasteiger partial charge in [0.05, 0.1) is 34.6 Å². The average Bonchev–Trinajstić information content (AvgIpc) is 3.22. The number of carbonyl (C=O) groups is 2. The van der Waals surface area contributed by atoms with E-state index in [9.17, 15) is 24.2 Å². The van der Waals surface area contributed by atoms with E-state index in [4.69, 9.17) is 0 Å². The van der Waals surface area contributed by atoms with Crippen LogP contribution in [0.25, 0.3) is 10.4 Å². The zero-order valence-electron chi connectivity index (χ0n) is 15.6. The summed E-state index contributed by atoms with van der Waals surface area (Å²) in [7, 11) is 0. The van der Waals surface area contributed by atoms with Crippen molar-refractivity contribution in [2.75, 3.05) is 12.9 Å². The first kappa shape index (κ1) is 19.4.